The molecule has 66 valence electrons. The molecule has 0 N–H and O–H groups in total. The molecule has 0 bridgehead atoms. The van der Waals surface area contributed by atoms with Gasteiger partial charge < -0.3 is 4.74 Å². The Morgan fingerprint density at radius 1 is 1.50 bits per heavy atom. The lowest BCUT2D eigenvalue weighted by atomic mass is 10.2. The Morgan fingerprint density at radius 2 is 2.25 bits per heavy atom. The number of nitrogens with zero attached hydrogens (tertiary/aromatic N) is 1. The van der Waals surface area contributed by atoms with E-state index in [1.54, 1.807) is 12.3 Å². The monoisotopic (exact) mass is 173 g/mol. The second kappa shape index (κ2) is 3.99. The first-order chi connectivity index (χ1) is 5.72. The van der Waals surface area contributed by atoms with E-state index in [0.717, 1.165) is 12.0 Å². The van der Waals surface area contributed by atoms with Gasteiger partial charge in [-0.1, -0.05) is 6.92 Å². The highest BCUT2D eigenvalue weighted by atomic mass is 19.3. The van der Waals surface area contributed by atoms with Crippen LogP contribution in [0, 0.1) is 0 Å². The lowest BCUT2D eigenvalue weighted by Gasteiger charge is -2.04. The number of pyridine rings is 1. The van der Waals surface area contributed by atoms with Gasteiger partial charge in [-0.3, -0.25) is 4.98 Å². The molecule has 0 atom stereocenters. The van der Waals surface area contributed by atoms with Crippen LogP contribution < -0.4 is 4.74 Å². The van der Waals surface area contributed by atoms with Crippen molar-refractivity contribution in [3.8, 4) is 5.75 Å². The first-order valence-electron chi connectivity index (χ1n) is 3.61. The molecular weight excluding hydrogens is 164 g/mol. The van der Waals surface area contributed by atoms with Crippen LogP contribution in [-0.4, -0.2) is 11.6 Å². The molecular formula is C8H9F2NO. The molecule has 2 nitrogen and oxygen atoms in total. The summed E-state index contributed by atoms with van der Waals surface area (Å²) in [7, 11) is 0. The second-order valence-corrected chi connectivity index (χ2v) is 2.26. The number of rotatable bonds is 3. The van der Waals surface area contributed by atoms with Crippen LogP contribution in [0.25, 0.3) is 0 Å². The molecule has 0 aliphatic rings. The third-order valence-corrected chi connectivity index (χ3v) is 1.40. The summed E-state index contributed by atoms with van der Waals surface area (Å²) in [6.45, 7) is -0.859. The number of aromatic nitrogens is 1. The normalized spacial score (nSPS) is 10.3. The zero-order valence-electron chi connectivity index (χ0n) is 6.63. The number of hydrogen-bond acceptors (Lipinski definition) is 2. The SMILES string of the molecule is CCc1cncc(OC(F)F)c1. The van der Waals surface area contributed by atoms with Gasteiger partial charge >= 0.3 is 6.61 Å². The molecule has 0 fully saturated rings. The largest absolute Gasteiger partial charge is 0.433 e. The van der Waals surface area contributed by atoms with Gasteiger partial charge in [0.1, 0.15) is 5.75 Å². The van der Waals surface area contributed by atoms with E-state index in [0.29, 0.717) is 0 Å². The highest BCUT2D eigenvalue weighted by molar-refractivity contribution is 5.23. The number of alkyl halides is 2. The summed E-state index contributed by atoms with van der Waals surface area (Å²) >= 11 is 0. The van der Waals surface area contributed by atoms with Crippen LogP contribution in [-0.2, 0) is 6.42 Å². The average molecular weight is 173 g/mol. The van der Waals surface area contributed by atoms with Crippen LogP contribution in [0.5, 0.6) is 5.75 Å². The van der Waals surface area contributed by atoms with Gasteiger partial charge in [-0.05, 0) is 18.1 Å². The highest BCUT2D eigenvalue weighted by Crippen LogP contribution is 2.13. The van der Waals surface area contributed by atoms with Crippen molar-refractivity contribution in [3.05, 3.63) is 24.0 Å². The molecule has 0 amide bonds. The van der Waals surface area contributed by atoms with Gasteiger partial charge in [0.15, 0.2) is 0 Å². The molecule has 1 aromatic rings. The van der Waals surface area contributed by atoms with E-state index < -0.39 is 6.61 Å². The minimum atomic E-state index is -2.78. The quantitative estimate of drug-likeness (QED) is 0.699. The van der Waals surface area contributed by atoms with E-state index in [4.69, 9.17) is 0 Å². The van der Waals surface area contributed by atoms with Crippen molar-refractivity contribution < 1.29 is 13.5 Å². The van der Waals surface area contributed by atoms with Crippen LogP contribution in [0.15, 0.2) is 18.5 Å². The van der Waals surface area contributed by atoms with Crippen LogP contribution in [0.3, 0.4) is 0 Å². The molecule has 1 heterocycles. The fourth-order valence-corrected chi connectivity index (χ4v) is 0.824. The smallest absolute Gasteiger partial charge is 0.387 e. The molecule has 1 rings (SSSR count). The van der Waals surface area contributed by atoms with Gasteiger partial charge in [0, 0.05) is 6.20 Å². The first kappa shape index (κ1) is 8.90. The van der Waals surface area contributed by atoms with E-state index >= 15 is 0 Å². The lowest BCUT2D eigenvalue weighted by Crippen LogP contribution is -2.02. The summed E-state index contributed by atoms with van der Waals surface area (Å²) in [6, 6.07) is 1.55. The van der Waals surface area contributed by atoms with Crippen LogP contribution in [0.1, 0.15) is 12.5 Å². The van der Waals surface area contributed by atoms with Gasteiger partial charge in [-0.25, -0.2) is 0 Å². The van der Waals surface area contributed by atoms with Crippen molar-refractivity contribution in [3.63, 3.8) is 0 Å². The lowest BCUT2D eigenvalue weighted by molar-refractivity contribution is -0.0501. The van der Waals surface area contributed by atoms with Gasteiger partial charge in [0.05, 0.1) is 6.20 Å². The predicted octanol–water partition coefficient (Wildman–Crippen LogP) is 2.25. The van der Waals surface area contributed by atoms with E-state index in [-0.39, 0.29) is 5.75 Å². The van der Waals surface area contributed by atoms with Gasteiger partial charge in [0.2, 0.25) is 0 Å². The fraction of sp³-hybridized carbons (Fsp3) is 0.375. The Kier molecular flexibility index (Phi) is 2.96. The zero-order valence-corrected chi connectivity index (χ0v) is 6.63. The Bertz CT molecular complexity index is 253. The summed E-state index contributed by atoms with van der Waals surface area (Å²) in [5, 5.41) is 0. The second-order valence-electron chi connectivity index (χ2n) is 2.26. The van der Waals surface area contributed by atoms with Crippen molar-refractivity contribution in [2.75, 3.05) is 0 Å². The Balaban J connectivity index is 2.72. The number of aryl methyl sites for hydroxylation is 1. The minimum absolute atomic E-state index is 0.115. The molecule has 0 saturated carbocycles. The maximum absolute atomic E-state index is 11.7. The molecule has 0 aliphatic heterocycles. The Morgan fingerprint density at radius 3 is 2.83 bits per heavy atom. The number of ether oxygens (including phenoxy) is 1. The Hall–Kier alpha value is -1.19. The van der Waals surface area contributed by atoms with Crippen molar-refractivity contribution in [1.29, 1.82) is 0 Å². The third kappa shape index (κ3) is 2.45. The van der Waals surface area contributed by atoms with Crippen LogP contribution in [0.2, 0.25) is 0 Å². The predicted molar refractivity (Wildman–Crippen MR) is 40.2 cm³/mol. The molecule has 0 radical (unpaired) electrons. The van der Waals surface area contributed by atoms with Crippen molar-refractivity contribution in [2.45, 2.75) is 20.0 Å². The topological polar surface area (TPSA) is 22.1 Å². The molecule has 4 heteroatoms. The maximum atomic E-state index is 11.7. The van der Waals surface area contributed by atoms with Gasteiger partial charge in [-0.2, -0.15) is 8.78 Å². The summed E-state index contributed by atoms with van der Waals surface area (Å²) in [5.74, 6) is 0.115. The summed E-state index contributed by atoms with van der Waals surface area (Å²) in [6.07, 6.45) is 3.65. The van der Waals surface area contributed by atoms with E-state index in [2.05, 4.69) is 9.72 Å². The summed E-state index contributed by atoms with van der Waals surface area (Å²) < 4.78 is 27.6. The molecule has 0 spiro atoms. The highest BCUT2D eigenvalue weighted by Gasteiger charge is 2.03. The minimum Gasteiger partial charge on any atom is -0.433 e. The van der Waals surface area contributed by atoms with E-state index in [1.807, 2.05) is 6.92 Å². The van der Waals surface area contributed by atoms with Gasteiger partial charge in [-0.15, -0.1) is 0 Å². The molecule has 0 unspecified atom stereocenters. The van der Waals surface area contributed by atoms with Crippen LogP contribution in [0.4, 0.5) is 8.78 Å². The average Bonchev–Trinajstić information content (AvgIpc) is 2.03. The van der Waals surface area contributed by atoms with Crippen molar-refractivity contribution in [1.82, 2.24) is 4.98 Å². The third-order valence-electron chi connectivity index (χ3n) is 1.40. The van der Waals surface area contributed by atoms with E-state index in [9.17, 15) is 8.78 Å². The molecule has 12 heavy (non-hydrogen) atoms. The van der Waals surface area contributed by atoms with Gasteiger partial charge in [0.25, 0.3) is 0 Å². The van der Waals surface area contributed by atoms with Crippen molar-refractivity contribution in [2.24, 2.45) is 0 Å². The molecule has 0 aromatic carbocycles. The standard InChI is InChI=1S/C8H9F2NO/c1-2-6-3-7(5-11-4-6)12-8(9)10/h3-5,8H,2H2,1H3. The van der Waals surface area contributed by atoms with Crippen LogP contribution >= 0.6 is 0 Å². The number of halogens is 2. The number of hydrogen-bond donors (Lipinski definition) is 0. The summed E-state index contributed by atoms with van der Waals surface area (Å²) in [4.78, 5) is 3.75. The zero-order chi connectivity index (χ0) is 8.97. The first-order valence-corrected chi connectivity index (χ1v) is 3.61. The molecule has 0 saturated heterocycles. The molecule has 1 aromatic heterocycles. The fourth-order valence-electron chi connectivity index (χ4n) is 0.824. The van der Waals surface area contributed by atoms with Crippen molar-refractivity contribution >= 4 is 0 Å². The summed E-state index contributed by atoms with van der Waals surface area (Å²) in [5.41, 5.74) is 0.883. The Labute approximate surface area is 69.2 Å². The maximum Gasteiger partial charge on any atom is 0.387 e. The molecule has 0 aliphatic carbocycles. The van der Waals surface area contributed by atoms with E-state index in [1.165, 1.54) is 6.20 Å².